The lowest BCUT2D eigenvalue weighted by molar-refractivity contribution is -0.170. The summed E-state index contributed by atoms with van der Waals surface area (Å²) in [7, 11) is 2.65. The van der Waals surface area contributed by atoms with E-state index in [1.165, 1.54) is 25.9 Å². The van der Waals surface area contributed by atoms with Crippen molar-refractivity contribution in [1.82, 2.24) is 0 Å². The first-order chi connectivity index (χ1) is 16.5. The molecule has 8 heteroatoms. The summed E-state index contributed by atoms with van der Waals surface area (Å²) < 4.78 is 15.8. The van der Waals surface area contributed by atoms with Gasteiger partial charge in [0.15, 0.2) is 6.10 Å². The Morgan fingerprint density at radius 3 is 2.20 bits per heavy atom. The smallest absolute Gasteiger partial charge is 0.331 e. The number of aliphatic hydroxyl groups excluding tert-OH is 3. The Morgan fingerprint density at radius 2 is 1.69 bits per heavy atom. The maximum absolute atomic E-state index is 12.6. The summed E-state index contributed by atoms with van der Waals surface area (Å²) in [6.45, 7) is 9.65. The summed E-state index contributed by atoms with van der Waals surface area (Å²) in [5, 5.41) is 29.6. The second kappa shape index (κ2) is 18.3. The minimum atomic E-state index is -1.08. The van der Waals surface area contributed by atoms with Crippen LogP contribution in [0.3, 0.4) is 0 Å². The van der Waals surface area contributed by atoms with Gasteiger partial charge in [0.1, 0.15) is 6.10 Å². The lowest BCUT2D eigenvalue weighted by Crippen LogP contribution is -2.46. The molecule has 0 rings (SSSR count). The van der Waals surface area contributed by atoms with Crippen molar-refractivity contribution in [3.8, 4) is 0 Å². The van der Waals surface area contributed by atoms with Crippen molar-refractivity contribution >= 4 is 11.9 Å². The first kappa shape index (κ1) is 33.0. The quantitative estimate of drug-likeness (QED) is 0.121. The largest absolute Gasteiger partial charge is 0.469 e. The van der Waals surface area contributed by atoms with Gasteiger partial charge in [0.05, 0.1) is 19.6 Å². The summed E-state index contributed by atoms with van der Waals surface area (Å²) in [6, 6.07) is 0. The zero-order valence-corrected chi connectivity index (χ0v) is 22.4. The van der Waals surface area contributed by atoms with Crippen LogP contribution < -0.4 is 0 Å². The van der Waals surface area contributed by atoms with Crippen LogP contribution in [-0.4, -0.2) is 73.0 Å². The van der Waals surface area contributed by atoms with Crippen LogP contribution in [0, 0.1) is 17.8 Å². The normalized spacial score (nSPS) is 18.0. The zero-order chi connectivity index (χ0) is 27.0. The fourth-order valence-electron chi connectivity index (χ4n) is 3.99. The molecule has 8 nitrogen and oxygen atoms in total. The number of carbonyl (C=O) groups excluding carboxylic acids is 2. The van der Waals surface area contributed by atoms with Crippen molar-refractivity contribution in [1.29, 1.82) is 0 Å². The highest BCUT2D eigenvalue weighted by Crippen LogP contribution is 2.26. The van der Waals surface area contributed by atoms with Gasteiger partial charge in [0.2, 0.25) is 0 Å². The van der Waals surface area contributed by atoms with Crippen LogP contribution in [0.15, 0.2) is 35.5 Å². The molecule has 0 aliphatic carbocycles. The molecule has 0 saturated heterocycles. The molecule has 0 bridgehead atoms. The van der Waals surface area contributed by atoms with Gasteiger partial charge >= 0.3 is 11.9 Å². The Balaban J connectivity index is 5.60. The van der Waals surface area contributed by atoms with Crippen LogP contribution >= 0.6 is 0 Å². The molecule has 0 aromatic rings. The Bertz CT molecular complexity index is 712. The molecule has 0 aliphatic heterocycles. The fourth-order valence-corrected chi connectivity index (χ4v) is 3.99. The Labute approximate surface area is 210 Å². The first-order valence-electron chi connectivity index (χ1n) is 12.2. The number of allylic oxidation sites excluding steroid dienone is 4. The van der Waals surface area contributed by atoms with Gasteiger partial charge in [0.25, 0.3) is 0 Å². The number of ether oxygens (including phenoxy) is 3. The molecule has 3 N–H and O–H groups in total. The third-order valence-corrected chi connectivity index (χ3v) is 6.09. The van der Waals surface area contributed by atoms with E-state index in [1.807, 2.05) is 13.8 Å². The molecule has 35 heavy (non-hydrogen) atoms. The molecule has 0 radical (unpaired) electrons. The van der Waals surface area contributed by atoms with Crippen LogP contribution in [0.1, 0.15) is 60.3 Å². The molecule has 0 saturated carbocycles. The summed E-state index contributed by atoms with van der Waals surface area (Å²) >= 11 is 0. The van der Waals surface area contributed by atoms with Crippen molar-refractivity contribution in [3.63, 3.8) is 0 Å². The number of hydrogen-bond acceptors (Lipinski definition) is 8. The maximum atomic E-state index is 12.6. The van der Waals surface area contributed by atoms with E-state index < -0.39 is 30.3 Å². The molecule has 0 fully saturated rings. The van der Waals surface area contributed by atoms with E-state index in [4.69, 9.17) is 19.3 Å². The average molecular weight is 499 g/mol. The molecule has 0 aromatic heterocycles. The number of aliphatic hydroxyl groups is 3. The molecular weight excluding hydrogens is 452 g/mol. The molecule has 0 amide bonds. The van der Waals surface area contributed by atoms with Crippen molar-refractivity contribution in [3.05, 3.63) is 35.5 Å². The van der Waals surface area contributed by atoms with Crippen LogP contribution in [0.2, 0.25) is 0 Å². The van der Waals surface area contributed by atoms with E-state index in [2.05, 4.69) is 19.9 Å². The van der Waals surface area contributed by atoms with Crippen LogP contribution in [0.25, 0.3) is 0 Å². The van der Waals surface area contributed by atoms with E-state index in [-0.39, 0.29) is 31.5 Å². The van der Waals surface area contributed by atoms with Gasteiger partial charge in [-0.15, -0.1) is 0 Å². The number of esters is 2. The van der Waals surface area contributed by atoms with E-state index >= 15 is 0 Å². The lowest BCUT2D eigenvalue weighted by Gasteiger charge is -2.33. The molecule has 0 unspecified atom stereocenters. The lowest BCUT2D eigenvalue weighted by atomic mass is 9.85. The number of rotatable bonds is 17. The molecule has 0 heterocycles. The van der Waals surface area contributed by atoms with Gasteiger partial charge in [-0.25, -0.2) is 4.79 Å². The molecule has 0 spiro atoms. The van der Waals surface area contributed by atoms with Gasteiger partial charge in [-0.05, 0) is 51.9 Å². The number of carbonyl (C=O) groups is 2. The molecule has 0 aliphatic rings. The molecule has 202 valence electrons. The number of hydrogen-bond donors (Lipinski definition) is 3. The summed E-state index contributed by atoms with van der Waals surface area (Å²) in [6.07, 6.45) is 5.40. The minimum Gasteiger partial charge on any atom is -0.469 e. The Kier molecular flexibility index (Phi) is 17.2. The minimum absolute atomic E-state index is 0.0516. The first-order valence-corrected chi connectivity index (χ1v) is 12.2. The van der Waals surface area contributed by atoms with Crippen LogP contribution in [-0.2, 0) is 23.8 Å². The van der Waals surface area contributed by atoms with Crippen molar-refractivity contribution in [2.24, 2.45) is 17.8 Å². The monoisotopic (exact) mass is 498 g/mol. The van der Waals surface area contributed by atoms with Crippen LogP contribution in [0.4, 0.5) is 0 Å². The second-order valence-corrected chi connectivity index (χ2v) is 9.30. The highest BCUT2D eigenvalue weighted by molar-refractivity contribution is 5.82. The summed E-state index contributed by atoms with van der Waals surface area (Å²) in [4.78, 5) is 24.5. The standard InChI is InChI=1S/C27H46O8/c1-8-18(2)13-20(4)14-21(5)26(32)27(23(33-6)16-25(31)34-7)35-24(30)10-9-19(3)15-22(17-29)11-12-28/h8-10,15,20-23,26-29,32H,11-14,16-17H2,1-7H3/b10-9+,18-8+,19-15+/t20-,21-,22-,23-,26+,27-/m1/s1. The topological polar surface area (TPSA) is 123 Å². The van der Waals surface area contributed by atoms with Crippen molar-refractivity contribution < 1.29 is 39.1 Å². The highest BCUT2D eigenvalue weighted by atomic mass is 16.6. The van der Waals surface area contributed by atoms with E-state index in [0.29, 0.717) is 24.3 Å². The SMILES string of the molecule is C/C=C(\C)C[C@@H](C)C[C@@H](C)[C@H](O)[C@H](OC(=O)/C=C/C(C)=C/[C@H](CO)CCO)[C@@H](CC(=O)OC)OC. The molecule has 6 atom stereocenters. The van der Waals surface area contributed by atoms with E-state index in [9.17, 15) is 19.8 Å². The van der Waals surface area contributed by atoms with E-state index in [1.54, 1.807) is 19.1 Å². The second-order valence-electron chi connectivity index (χ2n) is 9.30. The van der Waals surface area contributed by atoms with Gasteiger partial charge in [-0.1, -0.05) is 43.2 Å². The van der Waals surface area contributed by atoms with Crippen LogP contribution in [0.5, 0.6) is 0 Å². The number of methoxy groups -OCH3 is 2. The fraction of sp³-hybridized carbons (Fsp3) is 0.704. The van der Waals surface area contributed by atoms with Gasteiger partial charge in [0, 0.05) is 32.3 Å². The predicted octanol–water partition coefficient (Wildman–Crippen LogP) is 3.35. The summed E-state index contributed by atoms with van der Waals surface area (Å²) in [5.41, 5.74) is 1.98. The third-order valence-electron chi connectivity index (χ3n) is 6.09. The van der Waals surface area contributed by atoms with Crippen molar-refractivity contribution in [2.45, 2.75) is 78.6 Å². The summed E-state index contributed by atoms with van der Waals surface area (Å²) in [5.74, 6) is -1.37. The Hall–Kier alpha value is -2.00. The third kappa shape index (κ3) is 13.6. The molecular formula is C27H46O8. The van der Waals surface area contributed by atoms with Gasteiger partial charge in [-0.2, -0.15) is 0 Å². The van der Waals surface area contributed by atoms with Crippen molar-refractivity contribution in [2.75, 3.05) is 27.4 Å². The highest BCUT2D eigenvalue weighted by Gasteiger charge is 2.36. The maximum Gasteiger partial charge on any atom is 0.331 e. The van der Waals surface area contributed by atoms with Gasteiger partial charge in [-0.3, -0.25) is 4.79 Å². The average Bonchev–Trinajstić information content (AvgIpc) is 2.83. The molecule has 0 aromatic carbocycles. The Morgan fingerprint density at radius 1 is 1.03 bits per heavy atom. The predicted molar refractivity (Wildman–Crippen MR) is 135 cm³/mol. The zero-order valence-electron chi connectivity index (χ0n) is 22.4. The van der Waals surface area contributed by atoms with E-state index in [0.717, 1.165) is 6.42 Å². The van der Waals surface area contributed by atoms with Gasteiger partial charge < -0.3 is 29.5 Å².